The number of aliphatic hydroxyl groups is 1. The topological polar surface area (TPSA) is 61.8 Å². The van der Waals surface area contributed by atoms with E-state index in [4.69, 9.17) is 9.84 Å². The fourth-order valence-corrected chi connectivity index (χ4v) is 3.16. The van der Waals surface area contributed by atoms with Crippen LogP contribution in [0.15, 0.2) is 0 Å². The Labute approximate surface area is 161 Å². The lowest BCUT2D eigenvalue weighted by atomic mass is 10.0. The van der Waals surface area contributed by atoms with E-state index in [0.29, 0.717) is 0 Å². The van der Waals surface area contributed by atoms with E-state index in [1.807, 2.05) is 20.8 Å². The maximum absolute atomic E-state index is 10.5. The van der Waals surface area contributed by atoms with E-state index in [1.54, 1.807) is 0 Å². The van der Waals surface area contributed by atoms with Crippen LogP contribution in [0.2, 0.25) is 0 Å². The Bertz CT molecular complexity index is 348. The third kappa shape index (κ3) is 15.4. The SMILES string of the molecule is CCN1CCC[C@@H](C)C1.CNC(=O)OC(C)(C)C.OC1CCCCCC1. The summed E-state index contributed by atoms with van der Waals surface area (Å²) in [5, 5.41) is 11.4. The molecular formula is C21H44N2O3. The molecule has 2 aliphatic rings. The van der Waals surface area contributed by atoms with Crippen molar-refractivity contribution in [1.82, 2.24) is 10.2 Å². The molecule has 0 aromatic carbocycles. The molecule has 1 amide bonds. The number of nitrogens with zero attached hydrogens (tertiary/aromatic N) is 1. The third-order valence-electron chi connectivity index (χ3n) is 4.62. The van der Waals surface area contributed by atoms with E-state index in [9.17, 15) is 4.79 Å². The van der Waals surface area contributed by atoms with Gasteiger partial charge in [0.1, 0.15) is 5.60 Å². The minimum absolute atomic E-state index is 0.0255. The highest BCUT2D eigenvalue weighted by Gasteiger charge is 2.14. The number of amides is 1. The zero-order valence-electron chi connectivity index (χ0n) is 18.1. The average molecular weight is 373 g/mol. The van der Waals surface area contributed by atoms with Crippen LogP contribution in [0.5, 0.6) is 0 Å². The first-order chi connectivity index (χ1) is 12.2. The maximum Gasteiger partial charge on any atom is 0.407 e. The summed E-state index contributed by atoms with van der Waals surface area (Å²) in [5.41, 5.74) is -0.389. The number of hydrogen-bond donors (Lipinski definition) is 2. The van der Waals surface area contributed by atoms with Gasteiger partial charge in [-0.05, 0) is 65.5 Å². The van der Waals surface area contributed by atoms with Gasteiger partial charge in [-0.15, -0.1) is 0 Å². The molecule has 2 N–H and O–H groups in total. The summed E-state index contributed by atoms with van der Waals surface area (Å²) < 4.78 is 4.84. The van der Waals surface area contributed by atoms with Gasteiger partial charge in [0.15, 0.2) is 0 Å². The summed E-state index contributed by atoms with van der Waals surface area (Å²) in [5.74, 6) is 0.943. The van der Waals surface area contributed by atoms with Crippen LogP contribution < -0.4 is 5.32 Å². The lowest BCUT2D eigenvalue weighted by Crippen LogP contribution is -2.33. The second kappa shape index (κ2) is 14.3. The Kier molecular flexibility index (Phi) is 13.8. The van der Waals surface area contributed by atoms with Crippen molar-refractivity contribution in [1.29, 1.82) is 0 Å². The molecule has 1 saturated carbocycles. The van der Waals surface area contributed by atoms with Gasteiger partial charge in [0.2, 0.25) is 0 Å². The van der Waals surface area contributed by atoms with E-state index < -0.39 is 0 Å². The van der Waals surface area contributed by atoms with Gasteiger partial charge in [0.25, 0.3) is 0 Å². The fraction of sp³-hybridized carbons (Fsp3) is 0.952. The molecule has 1 atom stereocenters. The number of aliphatic hydroxyl groups excluding tert-OH is 1. The van der Waals surface area contributed by atoms with Crippen molar-refractivity contribution in [2.24, 2.45) is 5.92 Å². The molecule has 0 aromatic heterocycles. The fourth-order valence-electron chi connectivity index (χ4n) is 3.16. The van der Waals surface area contributed by atoms with Crippen LogP contribution in [-0.4, -0.2) is 54.5 Å². The Morgan fingerprint density at radius 2 is 1.69 bits per heavy atom. The highest BCUT2D eigenvalue weighted by molar-refractivity contribution is 5.67. The minimum atomic E-state index is -0.389. The molecule has 0 unspecified atom stereocenters. The Morgan fingerprint density at radius 1 is 1.12 bits per heavy atom. The maximum atomic E-state index is 10.5. The van der Waals surface area contributed by atoms with Crippen molar-refractivity contribution in [3.8, 4) is 0 Å². The zero-order valence-corrected chi connectivity index (χ0v) is 18.1. The largest absolute Gasteiger partial charge is 0.444 e. The molecule has 26 heavy (non-hydrogen) atoms. The summed E-state index contributed by atoms with van der Waals surface area (Å²) in [4.78, 5) is 13.0. The van der Waals surface area contributed by atoms with Crippen molar-refractivity contribution in [2.75, 3.05) is 26.7 Å². The molecule has 0 aromatic rings. The molecule has 156 valence electrons. The van der Waals surface area contributed by atoms with Crippen molar-refractivity contribution in [3.05, 3.63) is 0 Å². The van der Waals surface area contributed by atoms with E-state index in [-0.39, 0.29) is 17.8 Å². The van der Waals surface area contributed by atoms with E-state index in [0.717, 1.165) is 18.8 Å². The highest BCUT2D eigenvalue weighted by atomic mass is 16.6. The molecule has 1 aliphatic carbocycles. The van der Waals surface area contributed by atoms with E-state index in [2.05, 4.69) is 24.1 Å². The molecule has 2 rings (SSSR count). The molecule has 1 heterocycles. The Morgan fingerprint density at radius 3 is 2.04 bits per heavy atom. The Balaban J connectivity index is 0.000000361. The quantitative estimate of drug-likeness (QED) is 0.661. The number of piperidine rings is 1. The second-order valence-corrected chi connectivity index (χ2v) is 8.54. The highest BCUT2D eigenvalue weighted by Crippen LogP contribution is 2.16. The van der Waals surface area contributed by atoms with Crippen LogP contribution in [0.25, 0.3) is 0 Å². The summed E-state index contributed by atoms with van der Waals surface area (Å²) in [6.07, 6.45) is 9.71. The number of likely N-dealkylation sites (tertiary alicyclic amines) is 1. The molecule has 1 aliphatic heterocycles. The first-order valence-electron chi connectivity index (χ1n) is 10.5. The van der Waals surface area contributed by atoms with Crippen molar-refractivity contribution in [2.45, 2.75) is 97.7 Å². The summed E-state index contributed by atoms with van der Waals surface area (Å²) in [6.45, 7) is 14.0. The van der Waals surface area contributed by atoms with Gasteiger partial charge in [-0.25, -0.2) is 4.79 Å². The molecule has 0 bridgehead atoms. The smallest absolute Gasteiger partial charge is 0.407 e. The standard InChI is InChI=1S/C8H17N.C7H14O.C6H13NO2/c1-3-9-6-4-5-8(2)7-9;8-7-5-3-1-2-4-6-7;1-6(2,3)9-5(8)7-4/h8H,3-7H2,1-2H3;7-8H,1-6H2;1-4H3,(H,7,8)/t8-;;/m1../s1. The van der Waals surface area contributed by atoms with Crippen molar-refractivity contribution < 1.29 is 14.6 Å². The lowest BCUT2D eigenvalue weighted by Gasteiger charge is -2.29. The minimum Gasteiger partial charge on any atom is -0.444 e. The summed E-state index contributed by atoms with van der Waals surface area (Å²) in [6, 6.07) is 0. The van der Waals surface area contributed by atoms with Crippen LogP contribution >= 0.6 is 0 Å². The number of carbonyl (C=O) groups excluding carboxylic acids is 1. The zero-order chi connectivity index (χ0) is 20.0. The molecule has 5 nitrogen and oxygen atoms in total. The van der Waals surface area contributed by atoms with Crippen molar-refractivity contribution in [3.63, 3.8) is 0 Å². The molecule has 0 spiro atoms. The number of ether oxygens (including phenoxy) is 1. The van der Waals surface area contributed by atoms with Crippen LogP contribution in [0.1, 0.15) is 86.0 Å². The normalized spacial score (nSPS) is 22.0. The predicted octanol–water partition coefficient (Wildman–Crippen LogP) is 4.58. The second-order valence-electron chi connectivity index (χ2n) is 8.54. The van der Waals surface area contributed by atoms with Crippen LogP contribution in [0, 0.1) is 5.92 Å². The number of alkyl carbamates (subject to hydrolysis) is 1. The van der Waals surface area contributed by atoms with Gasteiger partial charge in [0, 0.05) is 13.6 Å². The first kappa shape index (κ1) is 25.2. The molecule has 5 heteroatoms. The number of carbonyl (C=O) groups is 1. The van der Waals surface area contributed by atoms with E-state index in [1.165, 1.54) is 65.2 Å². The van der Waals surface area contributed by atoms with Gasteiger partial charge < -0.3 is 20.1 Å². The lowest BCUT2D eigenvalue weighted by molar-refractivity contribution is 0.0541. The number of hydrogen-bond acceptors (Lipinski definition) is 4. The Hall–Kier alpha value is -0.810. The van der Waals surface area contributed by atoms with Crippen LogP contribution in [0.3, 0.4) is 0 Å². The summed E-state index contributed by atoms with van der Waals surface area (Å²) in [7, 11) is 1.54. The molecule has 2 fully saturated rings. The first-order valence-corrected chi connectivity index (χ1v) is 10.5. The number of nitrogens with one attached hydrogen (secondary N) is 1. The van der Waals surface area contributed by atoms with Gasteiger partial charge in [-0.1, -0.05) is 39.5 Å². The third-order valence-corrected chi connectivity index (χ3v) is 4.62. The monoisotopic (exact) mass is 372 g/mol. The van der Waals surface area contributed by atoms with Crippen molar-refractivity contribution >= 4 is 6.09 Å². The van der Waals surface area contributed by atoms with Gasteiger partial charge in [-0.3, -0.25) is 0 Å². The van der Waals surface area contributed by atoms with Gasteiger partial charge >= 0.3 is 6.09 Å². The number of rotatable bonds is 1. The predicted molar refractivity (Wildman–Crippen MR) is 110 cm³/mol. The van der Waals surface area contributed by atoms with Gasteiger partial charge in [0.05, 0.1) is 6.10 Å². The van der Waals surface area contributed by atoms with Gasteiger partial charge in [-0.2, -0.15) is 0 Å². The summed E-state index contributed by atoms with van der Waals surface area (Å²) >= 11 is 0. The van der Waals surface area contributed by atoms with Crippen LogP contribution in [0.4, 0.5) is 4.79 Å². The average Bonchev–Trinajstić information content (AvgIpc) is 2.82. The molecular weight excluding hydrogens is 328 g/mol. The van der Waals surface area contributed by atoms with Crippen LogP contribution in [-0.2, 0) is 4.74 Å². The molecule has 0 radical (unpaired) electrons. The molecule has 1 saturated heterocycles. The van der Waals surface area contributed by atoms with E-state index >= 15 is 0 Å².